The molecule has 1 aromatic heterocycles. The number of nitrogens with one attached hydrogen (secondary N) is 1. The van der Waals surface area contributed by atoms with E-state index in [1.54, 1.807) is 6.07 Å². The fourth-order valence-electron chi connectivity index (χ4n) is 2.71. The van der Waals surface area contributed by atoms with Gasteiger partial charge in [-0.05, 0) is 36.5 Å². The summed E-state index contributed by atoms with van der Waals surface area (Å²) >= 11 is 12.3. The molecule has 1 aromatic carbocycles. The van der Waals surface area contributed by atoms with Crippen LogP contribution in [0.1, 0.15) is 45.6 Å². The molecule has 6 nitrogen and oxygen atoms in total. The van der Waals surface area contributed by atoms with Crippen LogP contribution in [0.2, 0.25) is 10.0 Å². The lowest BCUT2D eigenvalue weighted by Crippen LogP contribution is -2.31. The number of aliphatic carboxylic acids is 1. The molecule has 0 fully saturated rings. The molecule has 0 saturated carbocycles. The maximum absolute atomic E-state index is 14.3. The highest BCUT2D eigenvalue weighted by molar-refractivity contribution is 6.38. The molecule has 3 N–H and O–H groups in total. The van der Waals surface area contributed by atoms with E-state index in [9.17, 15) is 19.4 Å². The topological polar surface area (TPSA) is 91.7 Å². The highest BCUT2D eigenvalue weighted by Crippen LogP contribution is 2.42. The number of carboxylic acid groups (broad SMARTS) is 1. The second kappa shape index (κ2) is 9.50. The van der Waals surface area contributed by atoms with E-state index in [1.807, 2.05) is 27.7 Å². The van der Waals surface area contributed by atoms with Gasteiger partial charge in [0.2, 0.25) is 5.95 Å². The second-order valence-corrected chi connectivity index (χ2v) is 8.11. The molecule has 2 rings (SSSR count). The number of aromatic nitrogens is 1. The van der Waals surface area contributed by atoms with E-state index < -0.39 is 23.0 Å². The van der Waals surface area contributed by atoms with Crippen molar-refractivity contribution in [1.29, 1.82) is 0 Å². The van der Waals surface area contributed by atoms with Crippen LogP contribution in [0.25, 0.3) is 0 Å². The van der Waals surface area contributed by atoms with Crippen LogP contribution in [0.4, 0.5) is 10.2 Å². The summed E-state index contributed by atoms with van der Waals surface area (Å²) in [6, 6.07) is 3.51. The lowest BCUT2D eigenvalue weighted by atomic mass is 10.0. The molecule has 9 heteroatoms. The minimum Gasteiger partial charge on any atom is -0.508 e. The predicted molar refractivity (Wildman–Crippen MR) is 111 cm³/mol. The van der Waals surface area contributed by atoms with Crippen molar-refractivity contribution < 1.29 is 24.1 Å². The van der Waals surface area contributed by atoms with Gasteiger partial charge in [-0.15, -0.1) is 0 Å². The second-order valence-electron chi connectivity index (χ2n) is 7.35. The number of phenolic OH excluding ortho intramolecular Hbond substituents is 1. The molecule has 0 aliphatic heterocycles. The Labute approximate surface area is 178 Å². The van der Waals surface area contributed by atoms with Gasteiger partial charge < -0.3 is 20.3 Å². The molecule has 0 aliphatic carbocycles. The summed E-state index contributed by atoms with van der Waals surface area (Å²) in [7, 11) is 0. The number of halogens is 3. The lowest BCUT2D eigenvalue weighted by molar-refractivity contribution is -0.138. The number of aromatic hydroxyl groups is 1. The first-order chi connectivity index (χ1) is 13.5. The van der Waals surface area contributed by atoms with Gasteiger partial charge in [0.1, 0.15) is 27.6 Å². The Morgan fingerprint density at radius 1 is 1.24 bits per heavy atom. The largest absolute Gasteiger partial charge is 0.508 e. The van der Waals surface area contributed by atoms with E-state index in [1.165, 1.54) is 12.1 Å². The number of ether oxygens (including phenoxy) is 1. The predicted octanol–water partition coefficient (Wildman–Crippen LogP) is 6.06. The number of carboxylic acids is 1. The molecular formula is C20H23Cl2FN2O4. The molecule has 0 bridgehead atoms. The third-order valence-corrected chi connectivity index (χ3v) is 4.83. The molecule has 1 atom stereocenters. The van der Waals surface area contributed by atoms with Crippen molar-refractivity contribution in [2.75, 3.05) is 5.32 Å². The van der Waals surface area contributed by atoms with Gasteiger partial charge in [-0.3, -0.25) is 0 Å². The van der Waals surface area contributed by atoms with Gasteiger partial charge in [0.25, 0.3) is 0 Å². The molecule has 0 amide bonds. The summed E-state index contributed by atoms with van der Waals surface area (Å²) in [4.78, 5) is 15.1. The smallest absolute Gasteiger partial charge is 0.326 e. The highest BCUT2D eigenvalue weighted by atomic mass is 35.5. The summed E-state index contributed by atoms with van der Waals surface area (Å²) in [5.74, 6) is -2.07. The minimum absolute atomic E-state index is 0.0169. The normalized spacial score (nSPS) is 12.3. The SMILES string of the molecule is CC(C)C[C@@H](Nc1nc(F)c(Cl)c(Oc2ccc(O)c(C(C)C)c2)c1Cl)C(=O)O. The molecule has 0 saturated heterocycles. The molecule has 0 aliphatic rings. The maximum Gasteiger partial charge on any atom is 0.326 e. The average Bonchev–Trinajstić information content (AvgIpc) is 2.63. The van der Waals surface area contributed by atoms with Gasteiger partial charge in [-0.1, -0.05) is 50.9 Å². The summed E-state index contributed by atoms with van der Waals surface area (Å²) in [6.45, 7) is 7.52. The van der Waals surface area contributed by atoms with Crippen LogP contribution in [-0.2, 0) is 4.79 Å². The quantitative estimate of drug-likeness (QED) is 0.428. The summed E-state index contributed by atoms with van der Waals surface area (Å²) in [5, 5.41) is 21.4. The van der Waals surface area contributed by atoms with Crippen LogP contribution < -0.4 is 10.1 Å². The first kappa shape index (κ1) is 23.0. The van der Waals surface area contributed by atoms with Gasteiger partial charge in [0.05, 0.1) is 0 Å². The molecule has 0 spiro atoms. The van der Waals surface area contributed by atoms with Gasteiger partial charge in [0, 0.05) is 5.56 Å². The Morgan fingerprint density at radius 3 is 2.45 bits per heavy atom. The zero-order valence-electron chi connectivity index (χ0n) is 16.5. The number of anilines is 1. The number of hydrogen-bond donors (Lipinski definition) is 3. The number of carbonyl (C=O) groups is 1. The number of phenols is 1. The Bertz CT molecular complexity index is 907. The van der Waals surface area contributed by atoms with Crippen LogP contribution in [0.3, 0.4) is 0 Å². The first-order valence-corrected chi connectivity index (χ1v) is 9.81. The maximum atomic E-state index is 14.3. The standard InChI is InChI=1S/C20H23Cl2FN2O4/c1-9(2)7-13(20(27)28)24-19-16(22)17(15(21)18(23)25-19)29-11-5-6-14(26)12(8-11)10(3)4/h5-6,8-10,13,26H,7H2,1-4H3,(H,24,25)(H,27,28)/t13-/m1/s1. The van der Waals surface area contributed by atoms with Crippen molar-refractivity contribution in [1.82, 2.24) is 4.98 Å². The van der Waals surface area contributed by atoms with Crippen LogP contribution in [0.15, 0.2) is 18.2 Å². The van der Waals surface area contributed by atoms with Gasteiger partial charge in [-0.2, -0.15) is 9.37 Å². The minimum atomic E-state index is -1.12. The Balaban J connectivity index is 2.43. The summed E-state index contributed by atoms with van der Waals surface area (Å²) < 4.78 is 20.0. The van der Waals surface area contributed by atoms with Crippen molar-refractivity contribution in [2.45, 2.75) is 46.1 Å². The summed E-state index contributed by atoms with van der Waals surface area (Å²) in [6.07, 6.45) is 0.281. The van der Waals surface area contributed by atoms with Crippen LogP contribution in [-0.4, -0.2) is 27.2 Å². The van der Waals surface area contributed by atoms with Crippen molar-refractivity contribution in [3.63, 3.8) is 0 Å². The zero-order chi connectivity index (χ0) is 21.9. The highest BCUT2D eigenvalue weighted by Gasteiger charge is 2.25. The Hall–Kier alpha value is -2.25. The monoisotopic (exact) mass is 444 g/mol. The molecule has 2 aromatic rings. The fraction of sp³-hybridized carbons (Fsp3) is 0.400. The van der Waals surface area contributed by atoms with E-state index in [-0.39, 0.29) is 46.3 Å². The molecule has 0 radical (unpaired) electrons. The van der Waals surface area contributed by atoms with Crippen molar-refractivity contribution >= 4 is 35.0 Å². The van der Waals surface area contributed by atoms with Crippen molar-refractivity contribution in [2.24, 2.45) is 5.92 Å². The molecule has 158 valence electrons. The van der Waals surface area contributed by atoms with E-state index in [0.717, 1.165) is 0 Å². The van der Waals surface area contributed by atoms with Gasteiger partial charge in [0.15, 0.2) is 11.6 Å². The molecule has 1 heterocycles. The number of nitrogens with zero attached hydrogens (tertiary/aromatic N) is 1. The average molecular weight is 445 g/mol. The van der Waals surface area contributed by atoms with Crippen molar-refractivity contribution in [3.05, 3.63) is 39.8 Å². The van der Waals surface area contributed by atoms with Crippen LogP contribution in [0, 0.1) is 11.9 Å². The third kappa shape index (κ3) is 5.64. The molecule has 29 heavy (non-hydrogen) atoms. The lowest BCUT2D eigenvalue weighted by Gasteiger charge is -2.19. The van der Waals surface area contributed by atoms with E-state index in [2.05, 4.69) is 10.3 Å². The number of rotatable bonds is 8. The zero-order valence-corrected chi connectivity index (χ0v) is 18.0. The van der Waals surface area contributed by atoms with Gasteiger partial charge in [-0.25, -0.2) is 4.79 Å². The van der Waals surface area contributed by atoms with Crippen LogP contribution >= 0.6 is 23.2 Å². The van der Waals surface area contributed by atoms with E-state index >= 15 is 0 Å². The molecule has 0 unspecified atom stereocenters. The Kier molecular flexibility index (Phi) is 7.54. The van der Waals surface area contributed by atoms with Crippen LogP contribution in [0.5, 0.6) is 17.2 Å². The number of hydrogen-bond acceptors (Lipinski definition) is 5. The summed E-state index contributed by atoms with van der Waals surface area (Å²) in [5.41, 5.74) is 0.630. The Morgan fingerprint density at radius 2 is 1.90 bits per heavy atom. The van der Waals surface area contributed by atoms with Gasteiger partial charge >= 0.3 is 5.97 Å². The number of benzene rings is 1. The fourth-order valence-corrected chi connectivity index (χ4v) is 3.17. The third-order valence-electron chi connectivity index (χ3n) is 4.15. The number of pyridine rings is 1. The molecular weight excluding hydrogens is 422 g/mol. The first-order valence-electron chi connectivity index (χ1n) is 9.05. The van der Waals surface area contributed by atoms with E-state index in [0.29, 0.717) is 5.56 Å². The van der Waals surface area contributed by atoms with Crippen molar-refractivity contribution in [3.8, 4) is 17.2 Å². The van der Waals surface area contributed by atoms with E-state index in [4.69, 9.17) is 27.9 Å².